The van der Waals surface area contributed by atoms with E-state index in [0.29, 0.717) is 5.69 Å². The molecule has 1 saturated carbocycles. The number of amides is 3. The van der Waals surface area contributed by atoms with Crippen molar-refractivity contribution in [1.29, 1.82) is 0 Å². The molecule has 1 aliphatic carbocycles. The van der Waals surface area contributed by atoms with Crippen LogP contribution in [-0.2, 0) is 20.7 Å². The summed E-state index contributed by atoms with van der Waals surface area (Å²) in [6, 6.07) is 27.2. The number of carbonyl (C=O) groups is 3. The molecule has 7 heteroatoms. The molecule has 45 heavy (non-hydrogen) atoms. The zero-order valence-corrected chi connectivity index (χ0v) is 27.0. The van der Waals surface area contributed by atoms with Gasteiger partial charge in [-0.15, -0.1) is 0 Å². The third kappa shape index (κ3) is 7.90. The van der Waals surface area contributed by atoms with Crippen molar-refractivity contribution in [3.05, 3.63) is 113 Å². The van der Waals surface area contributed by atoms with Crippen LogP contribution in [0.1, 0.15) is 62.4 Å². The summed E-state index contributed by atoms with van der Waals surface area (Å²) < 4.78 is 5.57. The summed E-state index contributed by atoms with van der Waals surface area (Å²) in [5.41, 5.74) is 3.64. The van der Waals surface area contributed by atoms with Gasteiger partial charge in [0.25, 0.3) is 5.91 Å². The number of alkyl carbamates (subject to hydrolysis) is 1. The molecule has 7 nitrogen and oxygen atoms in total. The van der Waals surface area contributed by atoms with Crippen LogP contribution in [0.2, 0.25) is 0 Å². The molecular weight excluding hydrogens is 562 g/mol. The third-order valence-electron chi connectivity index (χ3n) is 8.34. The molecule has 1 fully saturated rings. The van der Waals surface area contributed by atoms with Crippen molar-refractivity contribution >= 4 is 34.4 Å². The van der Waals surface area contributed by atoms with Crippen LogP contribution in [0.4, 0.5) is 10.5 Å². The van der Waals surface area contributed by atoms with Gasteiger partial charge in [0, 0.05) is 18.2 Å². The van der Waals surface area contributed by atoms with Crippen LogP contribution >= 0.6 is 0 Å². The van der Waals surface area contributed by atoms with Gasteiger partial charge in [0.2, 0.25) is 5.91 Å². The normalized spacial score (nSPS) is 17.2. The Hall–Kier alpha value is -4.65. The van der Waals surface area contributed by atoms with Crippen LogP contribution in [0, 0.1) is 19.8 Å². The molecule has 0 aliphatic heterocycles. The van der Waals surface area contributed by atoms with E-state index in [-0.39, 0.29) is 30.2 Å². The number of carbonyl (C=O) groups excluding carboxylic acids is 3. The minimum Gasteiger partial charge on any atom is -0.444 e. The quantitative estimate of drug-likeness (QED) is 0.207. The fraction of sp³-hybridized carbons (Fsp3) is 0.342. The number of nitrogens with one attached hydrogen (secondary N) is 2. The maximum Gasteiger partial charge on any atom is 0.408 e. The van der Waals surface area contributed by atoms with Crippen LogP contribution < -0.4 is 10.6 Å². The molecule has 0 radical (unpaired) electrons. The van der Waals surface area contributed by atoms with Gasteiger partial charge in [0.15, 0.2) is 0 Å². The molecule has 234 valence electrons. The van der Waals surface area contributed by atoms with E-state index in [2.05, 4.69) is 17.6 Å². The van der Waals surface area contributed by atoms with Crippen molar-refractivity contribution in [2.24, 2.45) is 5.92 Å². The Labute approximate surface area is 266 Å². The van der Waals surface area contributed by atoms with Crippen LogP contribution in [0.25, 0.3) is 10.8 Å². The van der Waals surface area contributed by atoms with Gasteiger partial charge in [-0.2, -0.15) is 0 Å². The van der Waals surface area contributed by atoms with Crippen LogP contribution in [-0.4, -0.2) is 40.5 Å². The molecule has 0 spiro atoms. The summed E-state index contributed by atoms with van der Waals surface area (Å²) >= 11 is 0. The average molecular weight is 606 g/mol. The van der Waals surface area contributed by atoms with E-state index in [0.717, 1.165) is 39.4 Å². The van der Waals surface area contributed by atoms with Gasteiger partial charge in [0.1, 0.15) is 17.7 Å². The first-order valence-electron chi connectivity index (χ1n) is 15.6. The van der Waals surface area contributed by atoms with E-state index in [4.69, 9.17) is 4.74 Å². The number of benzene rings is 4. The maximum atomic E-state index is 14.7. The molecule has 0 heterocycles. The molecular formula is C38H43N3O4. The van der Waals surface area contributed by atoms with Crippen molar-refractivity contribution in [1.82, 2.24) is 10.2 Å². The van der Waals surface area contributed by atoms with E-state index in [1.807, 2.05) is 105 Å². The SMILES string of the molecule is Cc1ccc(C(C(=O)Nc2ccc3ccccc3c2)N(C(=O)C(Cc2ccccc2)NC(=O)OC(C)(C)C)C2CC2C)cc1C. The lowest BCUT2D eigenvalue weighted by Gasteiger charge is -2.35. The molecule has 4 aromatic rings. The van der Waals surface area contributed by atoms with Crippen LogP contribution in [0.3, 0.4) is 0 Å². The Morgan fingerprint density at radius 2 is 1.53 bits per heavy atom. The minimum absolute atomic E-state index is 0.162. The number of anilines is 1. The number of rotatable bonds is 9. The minimum atomic E-state index is -0.947. The smallest absolute Gasteiger partial charge is 0.408 e. The van der Waals surface area contributed by atoms with Gasteiger partial charge < -0.3 is 20.3 Å². The first kappa shape index (κ1) is 31.8. The molecule has 4 unspecified atom stereocenters. The van der Waals surface area contributed by atoms with Crippen molar-refractivity contribution in [3.8, 4) is 0 Å². The predicted octanol–water partition coefficient (Wildman–Crippen LogP) is 7.51. The Kier molecular flexibility index (Phi) is 9.28. The molecule has 4 aromatic carbocycles. The topological polar surface area (TPSA) is 87.7 Å². The number of fused-ring (bicyclic) bond motifs is 1. The second kappa shape index (κ2) is 13.1. The molecule has 5 rings (SSSR count). The number of aryl methyl sites for hydroxylation is 2. The molecule has 1 aliphatic rings. The average Bonchev–Trinajstić information content (AvgIpc) is 3.71. The van der Waals surface area contributed by atoms with Crippen LogP contribution in [0.5, 0.6) is 0 Å². The zero-order valence-electron chi connectivity index (χ0n) is 27.0. The summed E-state index contributed by atoms with van der Waals surface area (Å²) in [5, 5.41) is 8.04. The van der Waals surface area contributed by atoms with Gasteiger partial charge >= 0.3 is 6.09 Å². The summed E-state index contributed by atoms with van der Waals surface area (Å²) in [6.07, 6.45) is 0.340. The lowest BCUT2D eigenvalue weighted by Crippen LogP contribution is -2.54. The van der Waals surface area contributed by atoms with Crippen molar-refractivity contribution in [3.63, 3.8) is 0 Å². The standard InChI is InChI=1S/C38H43N3O4/c1-24-16-17-30(20-25(24)2)34(35(42)39-31-19-18-28-14-10-11-15-29(28)23-31)41(33-21-26(33)3)36(43)32(22-27-12-8-7-9-13-27)40-37(44)45-38(4,5)6/h7-20,23,26,32-34H,21-22H2,1-6H3,(H,39,42)(H,40,44). The summed E-state index contributed by atoms with van der Waals surface area (Å²) in [7, 11) is 0. The summed E-state index contributed by atoms with van der Waals surface area (Å²) in [6.45, 7) is 11.5. The Bertz CT molecular complexity index is 1690. The lowest BCUT2D eigenvalue weighted by molar-refractivity contribution is -0.141. The molecule has 0 aromatic heterocycles. The van der Waals surface area contributed by atoms with Crippen molar-refractivity contribution < 1.29 is 19.1 Å². The molecule has 0 bridgehead atoms. The lowest BCUT2D eigenvalue weighted by atomic mass is 9.97. The summed E-state index contributed by atoms with van der Waals surface area (Å²) in [5.74, 6) is -0.428. The highest BCUT2D eigenvalue weighted by Crippen LogP contribution is 2.41. The first-order valence-corrected chi connectivity index (χ1v) is 15.6. The van der Waals surface area contributed by atoms with E-state index >= 15 is 0 Å². The molecule has 0 saturated heterocycles. The van der Waals surface area contributed by atoms with Gasteiger partial charge in [-0.05, 0) is 92.1 Å². The van der Waals surface area contributed by atoms with E-state index < -0.39 is 23.8 Å². The number of nitrogens with zero attached hydrogens (tertiary/aromatic N) is 1. The first-order chi connectivity index (χ1) is 21.4. The predicted molar refractivity (Wildman–Crippen MR) is 179 cm³/mol. The molecule has 4 atom stereocenters. The Morgan fingerprint density at radius 3 is 2.18 bits per heavy atom. The highest BCUT2D eigenvalue weighted by atomic mass is 16.6. The number of hydrogen-bond donors (Lipinski definition) is 2. The largest absolute Gasteiger partial charge is 0.444 e. The van der Waals surface area contributed by atoms with E-state index in [9.17, 15) is 14.4 Å². The number of ether oxygens (including phenoxy) is 1. The van der Waals surface area contributed by atoms with Crippen molar-refractivity contribution in [2.45, 2.75) is 78.1 Å². The monoisotopic (exact) mass is 605 g/mol. The van der Waals surface area contributed by atoms with Gasteiger partial charge in [0.05, 0.1) is 0 Å². The van der Waals surface area contributed by atoms with Gasteiger partial charge in [-0.25, -0.2) is 4.79 Å². The highest BCUT2D eigenvalue weighted by Gasteiger charge is 2.48. The fourth-order valence-corrected chi connectivity index (χ4v) is 5.70. The van der Waals surface area contributed by atoms with Gasteiger partial charge in [-0.3, -0.25) is 9.59 Å². The zero-order chi connectivity index (χ0) is 32.3. The second-order valence-corrected chi connectivity index (χ2v) is 13.2. The highest BCUT2D eigenvalue weighted by molar-refractivity contribution is 6.00. The van der Waals surface area contributed by atoms with Crippen LogP contribution in [0.15, 0.2) is 91.0 Å². The number of hydrogen-bond acceptors (Lipinski definition) is 4. The Balaban J connectivity index is 1.55. The maximum absolute atomic E-state index is 14.7. The van der Waals surface area contributed by atoms with E-state index in [1.54, 1.807) is 25.7 Å². The van der Waals surface area contributed by atoms with E-state index in [1.165, 1.54) is 0 Å². The molecule has 2 N–H and O–H groups in total. The molecule has 3 amide bonds. The second-order valence-electron chi connectivity index (χ2n) is 13.2. The summed E-state index contributed by atoms with van der Waals surface area (Å²) in [4.78, 5) is 43.9. The Morgan fingerprint density at radius 1 is 0.867 bits per heavy atom. The third-order valence-corrected chi connectivity index (χ3v) is 8.34. The van der Waals surface area contributed by atoms with Crippen molar-refractivity contribution in [2.75, 3.05) is 5.32 Å². The fourth-order valence-electron chi connectivity index (χ4n) is 5.70. The van der Waals surface area contributed by atoms with Gasteiger partial charge in [-0.1, -0.05) is 85.8 Å².